The Bertz CT molecular complexity index is 1490. The van der Waals surface area contributed by atoms with E-state index in [4.69, 9.17) is 26.1 Å². The summed E-state index contributed by atoms with van der Waals surface area (Å²) in [5, 5.41) is 4.71. The van der Waals surface area contributed by atoms with E-state index in [0.717, 1.165) is 54.3 Å². The van der Waals surface area contributed by atoms with Crippen molar-refractivity contribution < 1.29 is 14.3 Å². The normalized spacial score (nSPS) is 12.4. The Labute approximate surface area is 233 Å². The molecular formula is C31H33ClN2O3S. The Morgan fingerprint density at radius 2 is 1.84 bits per heavy atom. The van der Waals surface area contributed by atoms with Crippen molar-refractivity contribution in [2.45, 2.75) is 46.3 Å². The van der Waals surface area contributed by atoms with Gasteiger partial charge in [-0.25, -0.2) is 9.78 Å². The fourth-order valence-corrected chi connectivity index (χ4v) is 5.71. The predicted octanol–water partition coefficient (Wildman–Crippen LogP) is 8.70. The summed E-state index contributed by atoms with van der Waals surface area (Å²) in [6, 6.07) is 15.8. The molecule has 4 rings (SSSR count). The van der Waals surface area contributed by atoms with Gasteiger partial charge in [0, 0.05) is 34.4 Å². The second-order valence-electron chi connectivity index (χ2n) is 9.97. The Balaban J connectivity index is 2.02. The molecule has 0 saturated carbocycles. The summed E-state index contributed by atoms with van der Waals surface area (Å²) in [5.74, 6) is -0.414. The third kappa shape index (κ3) is 5.78. The fraction of sp³-hybridized carbons (Fsp3) is 0.290. The van der Waals surface area contributed by atoms with Crippen LogP contribution in [-0.2, 0) is 14.3 Å². The van der Waals surface area contributed by atoms with Crippen LogP contribution in [0, 0.1) is 6.92 Å². The summed E-state index contributed by atoms with van der Waals surface area (Å²) in [4.78, 5) is 18.3. The maximum atomic E-state index is 13.3. The van der Waals surface area contributed by atoms with E-state index in [9.17, 15) is 4.79 Å². The zero-order valence-electron chi connectivity index (χ0n) is 22.6. The molecule has 0 aliphatic rings. The number of halogens is 1. The molecule has 7 heteroatoms. The zero-order valence-corrected chi connectivity index (χ0v) is 24.2. The number of hydrogen-bond acceptors (Lipinski definition) is 6. The van der Waals surface area contributed by atoms with Crippen molar-refractivity contribution in [3.8, 4) is 21.7 Å². The zero-order chi connectivity index (χ0) is 27.6. The van der Waals surface area contributed by atoms with Crippen LogP contribution < -0.4 is 5.32 Å². The first-order valence-corrected chi connectivity index (χ1v) is 13.7. The second kappa shape index (κ2) is 11.3. The van der Waals surface area contributed by atoms with E-state index in [2.05, 4.69) is 24.0 Å². The van der Waals surface area contributed by atoms with E-state index in [1.807, 2.05) is 77.2 Å². The number of fused-ring (bicyclic) bond motifs is 1. The maximum Gasteiger partial charge on any atom is 0.339 e. The van der Waals surface area contributed by atoms with Crippen molar-refractivity contribution in [2.75, 3.05) is 19.0 Å². The number of nitrogens with zero attached hydrogens (tertiary/aromatic N) is 1. The van der Waals surface area contributed by atoms with Crippen LogP contribution in [0.5, 0.6) is 0 Å². The lowest BCUT2D eigenvalue weighted by molar-refractivity contribution is -0.166. The summed E-state index contributed by atoms with van der Waals surface area (Å²) in [6.07, 6.45) is 0.926. The van der Waals surface area contributed by atoms with E-state index in [1.165, 1.54) is 0 Å². The molecule has 0 fully saturated rings. The Kier molecular flexibility index (Phi) is 8.26. The molecule has 38 heavy (non-hydrogen) atoms. The first kappa shape index (κ1) is 27.8. The largest absolute Gasteiger partial charge is 0.464 e. The van der Waals surface area contributed by atoms with Crippen LogP contribution in [0.3, 0.4) is 0 Å². The van der Waals surface area contributed by atoms with Gasteiger partial charge in [0.2, 0.25) is 0 Å². The van der Waals surface area contributed by atoms with Crippen LogP contribution in [-0.4, -0.2) is 30.2 Å². The van der Waals surface area contributed by atoms with Gasteiger partial charge in [0.15, 0.2) is 6.10 Å². The Morgan fingerprint density at radius 1 is 1.16 bits per heavy atom. The number of esters is 1. The smallest absolute Gasteiger partial charge is 0.339 e. The van der Waals surface area contributed by atoms with Gasteiger partial charge in [-0.05, 0) is 87.7 Å². The van der Waals surface area contributed by atoms with Crippen molar-refractivity contribution in [1.29, 1.82) is 0 Å². The number of anilines is 1. The summed E-state index contributed by atoms with van der Waals surface area (Å²) < 4.78 is 12.8. The number of ether oxygens (including phenoxy) is 2. The van der Waals surface area contributed by atoms with Gasteiger partial charge in [-0.1, -0.05) is 36.4 Å². The van der Waals surface area contributed by atoms with E-state index in [-0.39, 0.29) is 6.61 Å². The van der Waals surface area contributed by atoms with Crippen LogP contribution in [0.15, 0.2) is 55.1 Å². The molecule has 1 N–H and O–H groups in total. The molecule has 0 bridgehead atoms. The second-order valence-corrected chi connectivity index (χ2v) is 11.4. The summed E-state index contributed by atoms with van der Waals surface area (Å²) >= 11 is 7.83. The number of nitrogens with one attached hydrogen (secondary N) is 1. The lowest BCUT2D eigenvalue weighted by Crippen LogP contribution is -2.29. The average Bonchev–Trinajstić information content (AvgIpc) is 3.30. The van der Waals surface area contributed by atoms with E-state index in [0.29, 0.717) is 5.02 Å². The molecule has 3 aromatic carbocycles. The molecule has 0 saturated heterocycles. The van der Waals surface area contributed by atoms with Crippen LogP contribution >= 0.6 is 22.9 Å². The maximum absolute atomic E-state index is 13.3. The predicted molar refractivity (Wildman–Crippen MR) is 160 cm³/mol. The van der Waals surface area contributed by atoms with Crippen molar-refractivity contribution >= 4 is 50.9 Å². The van der Waals surface area contributed by atoms with Crippen LogP contribution in [0.2, 0.25) is 5.02 Å². The van der Waals surface area contributed by atoms with Gasteiger partial charge in [0.1, 0.15) is 5.01 Å². The highest BCUT2D eigenvalue weighted by atomic mass is 35.5. The van der Waals surface area contributed by atoms with Crippen molar-refractivity contribution in [2.24, 2.45) is 0 Å². The average molecular weight is 549 g/mol. The number of aryl methyl sites for hydroxylation is 1. The van der Waals surface area contributed by atoms with Gasteiger partial charge in [-0.3, -0.25) is 0 Å². The quantitative estimate of drug-likeness (QED) is 0.223. The molecule has 1 heterocycles. The van der Waals surface area contributed by atoms with Gasteiger partial charge in [0.25, 0.3) is 0 Å². The van der Waals surface area contributed by atoms with E-state index < -0.39 is 17.7 Å². The highest BCUT2D eigenvalue weighted by Gasteiger charge is 2.33. The molecule has 0 aliphatic carbocycles. The molecule has 1 unspecified atom stereocenters. The SMILES string of the molecule is C=Cc1cc(-c2nc3cc(C)c(C(OC(C)(C)C)C(=O)OCC)c(-c4ccc(Cl)cc4)c3s2)ccc1NC. The Morgan fingerprint density at radius 3 is 2.45 bits per heavy atom. The highest BCUT2D eigenvalue weighted by Crippen LogP contribution is 2.45. The molecule has 0 aliphatic heterocycles. The van der Waals surface area contributed by atoms with Gasteiger partial charge >= 0.3 is 5.97 Å². The van der Waals surface area contributed by atoms with Crippen LogP contribution in [0.25, 0.3) is 38.0 Å². The first-order valence-electron chi connectivity index (χ1n) is 12.5. The minimum atomic E-state index is -0.905. The molecule has 1 atom stereocenters. The topological polar surface area (TPSA) is 60.5 Å². The third-order valence-electron chi connectivity index (χ3n) is 6.08. The molecule has 0 amide bonds. The molecular weight excluding hydrogens is 516 g/mol. The first-order chi connectivity index (χ1) is 18.1. The number of hydrogen-bond donors (Lipinski definition) is 1. The van der Waals surface area contributed by atoms with Gasteiger partial charge in [-0.15, -0.1) is 11.3 Å². The number of aromatic nitrogens is 1. The van der Waals surface area contributed by atoms with Crippen LogP contribution in [0.1, 0.15) is 50.5 Å². The Hall–Kier alpha value is -3.19. The van der Waals surface area contributed by atoms with Crippen molar-refractivity contribution in [3.63, 3.8) is 0 Å². The van der Waals surface area contributed by atoms with Gasteiger partial charge < -0.3 is 14.8 Å². The lowest BCUT2D eigenvalue weighted by Gasteiger charge is -2.29. The number of rotatable bonds is 8. The molecule has 0 spiro atoms. The number of carbonyl (C=O) groups excluding carboxylic acids is 1. The summed E-state index contributed by atoms with van der Waals surface area (Å²) in [5.41, 5.74) is 6.78. The molecule has 198 valence electrons. The minimum absolute atomic E-state index is 0.263. The monoisotopic (exact) mass is 548 g/mol. The molecule has 1 aromatic heterocycles. The van der Waals surface area contributed by atoms with Crippen molar-refractivity contribution in [1.82, 2.24) is 4.98 Å². The molecule has 0 radical (unpaired) electrons. The minimum Gasteiger partial charge on any atom is -0.464 e. The standard InChI is InChI=1S/C31H33ClN2O3S/c1-8-19-17-21(12-15-23(19)33-7)29-34-24-16-18(3)25(27(30(35)36-9-2)37-31(4,5)6)26(28(24)38-29)20-10-13-22(32)14-11-20/h8,10-17,27,33H,1,9H2,2-7H3. The summed E-state index contributed by atoms with van der Waals surface area (Å²) in [6.45, 7) is 13.8. The summed E-state index contributed by atoms with van der Waals surface area (Å²) in [7, 11) is 1.89. The number of carbonyl (C=O) groups is 1. The highest BCUT2D eigenvalue weighted by molar-refractivity contribution is 7.22. The molecule has 5 nitrogen and oxygen atoms in total. The third-order valence-corrected chi connectivity index (χ3v) is 7.47. The van der Waals surface area contributed by atoms with Crippen LogP contribution in [0.4, 0.5) is 5.69 Å². The van der Waals surface area contributed by atoms with Gasteiger partial charge in [-0.2, -0.15) is 0 Å². The number of benzene rings is 3. The fourth-order valence-electron chi connectivity index (χ4n) is 4.46. The lowest BCUT2D eigenvalue weighted by atomic mass is 9.91. The van der Waals surface area contributed by atoms with Gasteiger partial charge in [0.05, 0.1) is 22.4 Å². The van der Waals surface area contributed by atoms with E-state index in [1.54, 1.807) is 18.3 Å². The van der Waals surface area contributed by atoms with Crippen molar-refractivity contribution in [3.05, 3.63) is 76.8 Å². The number of thiazole rings is 1. The molecule has 4 aromatic rings. The van der Waals surface area contributed by atoms with E-state index >= 15 is 0 Å².